The van der Waals surface area contributed by atoms with Gasteiger partial charge in [-0.3, -0.25) is 10.2 Å². The van der Waals surface area contributed by atoms with Crippen molar-refractivity contribution in [2.75, 3.05) is 7.11 Å². The SMILES string of the molecule is COc1cc(C)ccc1OCc1cccc(C(=O)NN)n1. The standard InChI is InChI=1S/C15H17N3O3/c1-10-6-7-13(14(8-10)20-2)21-9-11-4-3-5-12(17-11)15(19)18-16/h3-8H,9,16H2,1-2H3,(H,18,19). The van der Waals surface area contributed by atoms with Gasteiger partial charge in [0.05, 0.1) is 12.8 Å². The second kappa shape index (κ2) is 6.71. The Morgan fingerprint density at radius 1 is 1.29 bits per heavy atom. The van der Waals surface area contributed by atoms with Gasteiger partial charge in [-0.05, 0) is 36.8 Å². The summed E-state index contributed by atoms with van der Waals surface area (Å²) in [5.74, 6) is 5.93. The highest BCUT2D eigenvalue weighted by Crippen LogP contribution is 2.28. The molecule has 0 fully saturated rings. The maximum absolute atomic E-state index is 11.4. The monoisotopic (exact) mass is 287 g/mol. The van der Waals surface area contributed by atoms with Crippen molar-refractivity contribution in [3.05, 3.63) is 53.3 Å². The first-order chi connectivity index (χ1) is 10.1. The van der Waals surface area contributed by atoms with E-state index in [1.165, 1.54) is 0 Å². The van der Waals surface area contributed by atoms with E-state index in [0.29, 0.717) is 17.2 Å². The lowest BCUT2D eigenvalue weighted by atomic mass is 10.2. The van der Waals surface area contributed by atoms with Crippen LogP contribution in [0.1, 0.15) is 21.7 Å². The number of ether oxygens (including phenoxy) is 2. The third-order valence-electron chi connectivity index (χ3n) is 2.87. The number of aromatic nitrogens is 1. The van der Waals surface area contributed by atoms with E-state index in [9.17, 15) is 4.79 Å². The fourth-order valence-electron chi connectivity index (χ4n) is 1.81. The lowest BCUT2D eigenvalue weighted by Gasteiger charge is -2.11. The fourth-order valence-corrected chi connectivity index (χ4v) is 1.81. The number of nitrogens with two attached hydrogens (primary N) is 1. The Morgan fingerprint density at radius 3 is 2.81 bits per heavy atom. The van der Waals surface area contributed by atoms with Crippen LogP contribution < -0.4 is 20.7 Å². The first-order valence-electron chi connectivity index (χ1n) is 6.38. The molecule has 3 N–H and O–H groups in total. The molecule has 21 heavy (non-hydrogen) atoms. The van der Waals surface area contributed by atoms with Crippen LogP contribution in [0.3, 0.4) is 0 Å². The maximum atomic E-state index is 11.4. The lowest BCUT2D eigenvalue weighted by Crippen LogP contribution is -2.30. The minimum Gasteiger partial charge on any atom is -0.493 e. The molecule has 1 heterocycles. The van der Waals surface area contributed by atoms with Crippen molar-refractivity contribution >= 4 is 5.91 Å². The van der Waals surface area contributed by atoms with E-state index in [1.54, 1.807) is 25.3 Å². The summed E-state index contributed by atoms with van der Waals surface area (Å²) in [5.41, 5.74) is 4.00. The Morgan fingerprint density at radius 2 is 2.10 bits per heavy atom. The number of nitrogen functional groups attached to an aromatic ring is 1. The van der Waals surface area contributed by atoms with E-state index in [1.807, 2.05) is 30.5 Å². The van der Waals surface area contributed by atoms with Crippen LogP contribution in [-0.2, 0) is 6.61 Å². The molecular formula is C15H17N3O3. The zero-order chi connectivity index (χ0) is 15.2. The molecule has 0 saturated carbocycles. The van der Waals surface area contributed by atoms with Crippen molar-refractivity contribution in [2.45, 2.75) is 13.5 Å². The number of aryl methyl sites for hydroxylation is 1. The third kappa shape index (κ3) is 3.70. The number of amides is 1. The number of hydrogen-bond donors (Lipinski definition) is 2. The van der Waals surface area contributed by atoms with E-state index in [-0.39, 0.29) is 12.3 Å². The van der Waals surface area contributed by atoms with Crippen molar-refractivity contribution in [1.82, 2.24) is 10.4 Å². The summed E-state index contributed by atoms with van der Waals surface area (Å²) in [5, 5.41) is 0. The summed E-state index contributed by atoms with van der Waals surface area (Å²) >= 11 is 0. The average molecular weight is 287 g/mol. The Labute approximate surface area is 122 Å². The van der Waals surface area contributed by atoms with E-state index in [0.717, 1.165) is 5.56 Å². The molecule has 1 aromatic carbocycles. The minimum absolute atomic E-state index is 0.227. The lowest BCUT2D eigenvalue weighted by molar-refractivity contribution is 0.0948. The zero-order valence-corrected chi connectivity index (χ0v) is 11.9. The topological polar surface area (TPSA) is 86.5 Å². The van der Waals surface area contributed by atoms with Crippen LogP contribution in [0.2, 0.25) is 0 Å². The zero-order valence-electron chi connectivity index (χ0n) is 11.9. The second-order valence-electron chi connectivity index (χ2n) is 4.43. The Kier molecular flexibility index (Phi) is 4.73. The van der Waals surface area contributed by atoms with Crippen molar-refractivity contribution in [3.63, 3.8) is 0 Å². The summed E-state index contributed by atoms with van der Waals surface area (Å²) in [6, 6.07) is 10.7. The molecule has 6 nitrogen and oxygen atoms in total. The molecule has 0 saturated heterocycles. The van der Waals surface area contributed by atoms with Crippen LogP contribution >= 0.6 is 0 Å². The van der Waals surface area contributed by atoms with Crippen LogP contribution in [0.4, 0.5) is 0 Å². The molecule has 0 aliphatic heterocycles. The van der Waals surface area contributed by atoms with Gasteiger partial charge in [-0.1, -0.05) is 12.1 Å². The van der Waals surface area contributed by atoms with Crippen LogP contribution in [0, 0.1) is 6.92 Å². The molecule has 0 unspecified atom stereocenters. The quantitative estimate of drug-likeness (QED) is 0.495. The predicted molar refractivity (Wildman–Crippen MR) is 78.0 cm³/mol. The highest BCUT2D eigenvalue weighted by Gasteiger charge is 2.08. The number of carbonyl (C=O) groups is 1. The second-order valence-corrected chi connectivity index (χ2v) is 4.43. The molecule has 0 aliphatic rings. The van der Waals surface area contributed by atoms with Crippen molar-refractivity contribution in [1.29, 1.82) is 0 Å². The molecule has 1 amide bonds. The first kappa shape index (κ1) is 14.8. The fraction of sp³-hybridized carbons (Fsp3) is 0.200. The molecule has 110 valence electrons. The van der Waals surface area contributed by atoms with E-state index < -0.39 is 5.91 Å². The van der Waals surface area contributed by atoms with Crippen LogP contribution in [-0.4, -0.2) is 18.0 Å². The number of benzene rings is 1. The molecule has 1 aromatic heterocycles. The number of nitrogens with one attached hydrogen (secondary N) is 1. The van der Waals surface area contributed by atoms with E-state index in [2.05, 4.69) is 4.98 Å². The van der Waals surface area contributed by atoms with E-state index >= 15 is 0 Å². The van der Waals surface area contributed by atoms with Crippen molar-refractivity contribution in [3.8, 4) is 11.5 Å². The van der Waals surface area contributed by atoms with Gasteiger partial charge in [0.25, 0.3) is 5.91 Å². The Bertz CT molecular complexity index is 644. The summed E-state index contributed by atoms with van der Waals surface area (Å²) in [7, 11) is 1.59. The van der Waals surface area contributed by atoms with Gasteiger partial charge in [0.1, 0.15) is 12.3 Å². The van der Waals surface area contributed by atoms with Gasteiger partial charge in [-0.2, -0.15) is 0 Å². The maximum Gasteiger partial charge on any atom is 0.283 e. The predicted octanol–water partition coefficient (Wildman–Crippen LogP) is 1.58. The number of methoxy groups -OCH3 is 1. The number of pyridine rings is 1. The largest absolute Gasteiger partial charge is 0.493 e. The van der Waals surface area contributed by atoms with E-state index in [4.69, 9.17) is 15.3 Å². The molecular weight excluding hydrogens is 270 g/mol. The first-order valence-corrected chi connectivity index (χ1v) is 6.38. The van der Waals surface area contributed by atoms with Crippen molar-refractivity contribution < 1.29 is 14.3 Å². The molecule has 0 spiro atoms. The smallest absolute Gasteiger partial charge is 0.283 e. The summed E-state index contributed by atoms with van der Waals surface area (Å²) in [4.78, 5) is 15.6. The number of rotatable bonds is 5. The van der Waals surface area contributed by atoms with Crippen molar-refractivity contribution in [2.24, 2.45) is 5.84 Å². The minimum atomic E-state index is -0.440. The van der Waals surface area contributed by atoms with Gasteiger partial charge in [-0.25, -0.2) is 10.8 Å². The normalized spacial score (nSPS) is 10.0. The number of hydrogen-bond acceptors (Lipinski definition) is 5. The van der Waals surface area contributed by atoms with Crippen LogP contribution in [0.25, 0.3) is 0 Å². The number of hydrazine groups is 1. The molecule has 2 aromatic rings. The third-order valence-corrected chi connectivity index (χ3v) is 2.87. The molecule has 0 radical (unpaired) electrons. The summed E-state index contributed by atoms with van der Waals surface area (Å²) in [6.07, 6.45) is 0. The highest BCUT2D eigenvalue weighted by atomic mass is 16.5. The molecule has 2 rings (SSSR count). The van der Waals surface area contributed by atoms with Crippen LogP contribution in [0.15, 0.2) is 36.4 Å². The van der Waals surface area contributed by atoms with Gasteiger partial charge in [-0.15, -0.1) is 0 Å². The van der Waals surface area contributed by atoms with Gasteiger partial charge >= 0.3 is 0 Å². The van der Waals surface area contributed by atoms with Gasteiger partial charge in [0, 0.05) is 0 Å². The van der Waals surface area contributed by atoms with Gasteiger partial charge in [0.15, 0.2) is 11.5 Å². The molecule has 0 atom stereocenters. The highest BCUT2D eigenvalue weighted by molar-refractivity contribution is 5.91. The number of nitrogens with zero attached hydrogens (tertiary/aromatic N) is 1. The number of carbonyl (C=O) groups excluding carboxylic acids is 1. The Hall–Kier alpha value is -2.60. The average Bonchev–Trinajstić information content (AvgIpc) is 2.53. The van der Waals surface area contributed by atoms with Gasteiger partial charge in [0.2, 0.25) is 0 Å². The molecule has 6 heteroatoms. The summed E-state index contributed by atoms with van der Waals surface area (Å²) in [6.45, 7) is 2.20. The summed E-state index contributed by atoms with van der Waals surface area (Å²) < 4.78 is 11.0. The molecule has 0 aliphatic carbocycles. The Balaban J connectivity index is 2.11. The van der Waals surface area contributed by atoms with Crippen LogP contribution in [0.5, 0.6) is 11.5 Å². The van der Waals surface area contributed by atoms with Gasteiger partial charge < -0.3 is 9.47 Å². The molecule has 0 bridgehead atoms.